The summed E-state index contributed by atoms with van der Waals surface area (Å²) in [6.45, 7) is 10.5. The smallest absolute Gasteiger partial charge is 0.0292 e. The molecule has 0 aliphatic carbocycles. The van der Waals surface area contributed by atoms with Crippen molar-refractivity contribution >= 4 is 0 Å². The Morgan fingerprint density at radius 1 is 1.05 bits per heavy atom. The summed E-state index contributed by atoms with van der Waals surface area (Å²) in [5.41, 5.74) is 2.82. The SMILES string of the molecule is CCc1ccc(C(C)NCC(C)N2CCCCC2)cc1. The molecular weight excluding hydrogens is 244 g/mol. The molecule has 20 heavy (non-hydrogen) atoms. The first kappa shape index (κ1) is 15.5. The van der Waals surface area contributed by atoms with Gasteiger partial charge in [-0.25, -0.2) is 0 Å². The van der Waals surface area contributed by atoms with Crippen molar-refractivity contribution in [3.05, 3.63) is 35.4 Å². The Morgan fingerprint density at radius 2 is 1.70 bits per heavy atom. The number of rotatable bonds is 6. The molecule has 0 radical (unpaired) electrons. The van der Waals surface area contributed by atoms with E-state index in [0.29, 0.717) is 12.1 Å². The lowest BCUT2D eigenvalue weighted by Crippen LogP contribution is -2.43. The second-order valence-corrected chi connectivity index (χ2v) is 6.17. The van der Waals surface area contributed by atoms with Gasteiger partial charge in [0, 0.05) is 18.6 Å². The van der Waals surface area contributed by atoms with Gasteiger partial charge in [-0.1, -0.05) is 37.6 Å². The minimum absolute atomic E-state index is 0.438. The summed E-state index contributed by atoms with van der Waals surface area (Å²) >= 11 is 0. The largest absolute Gasteiger partial charge is 0.309 e. The maximum atomic E-state index is 3.69. The van der Waals surface area contributed by atoms with Crippen LogP contribution in [0, 0.1) is 0 Å². The van der Waals surface area contributed by atoms with Gasteiger partial charge in [-0.15, -0.1) is 0 Å². The van der Waals surface area contributed by atoms with Crippen molar-refractivity contribution in [2.24, 2.45) is 0 Å². The van der Waals surface area contributed by atoms with Gasteiger partial charge < -0.3 is 5.32 Å². The fourth-order valence-electron chi connectivity index (χ4n) is 3.00. The molecule has 112 valence electrons. The molecule has 1 aromatic rings. The number of nitrogens with one attached hydrogen (secondary N) is 1. The predicted octanol–water partition coefficient (Wildman–Crippen LogP) is 3.77. The number of nitrogens with zero attached hydrogens (tertiary/aromatic N) is 1. The second kappa shape index (κ2) is 7.80. The van der Waals surface area contributed by atoms with E-state index in [1.165, 1.54) is 43.5 Å². The highest BCUT2D eigenvalue weighted by molar-refractivity contribution is 5.24. The molecule has 0 spiro atoms. The summed E-state index contributed by atoms with van der Waals surface area (Å²) in [7, 11) is 0. The summed E-state index contributed by atoms with van der Waals surface area (Å²) < 4.78 is 0. The average molecular weight is 274 g/mol. The highest BCUT2D eigenvalue weighted by atomic mass is 15.2. The summed E-state index contributed by atoms with van der Waals surface area (Å²) in [6, 6.07) is 10.1. The number of hydrogen-bond acceptors (Lipinski definition) is 2. The number of likely N-dealkylation sites (tertiary alicyclic amines) is 1. The lowest BCUT2D eigenvalue weighted by atomic mass is 10.0. The molecule has 1 heterocycles. The maximum Gasteiger partial charge on any atom is 0.0292 e. The zero-order valence-corrected chi connectivity index (χ0v) is 13.4. The minimum Gasteiger partial charge on any atom is -0.309 e. The van der Waals surface area contributed by atoms with Gasteiger partial charge in [-0.3, -0.25) is 4.90 Å². The van der Waals surface area contributed by atoms with Gasteiger partial charge in [0.2, 0.25) is 0 Å². The first-order valence-corrected chi connectivity index (χ1v) is 8.27. The van der Waals surface area contributed by atoms with Crippen molar-refractivity contribution < 1.29 is 0 Å². The average Bonchev–Trinajstić information content (AvgIpc) is 2.53. The van der Waals surface area contributed by atoms with Crippen LogP contribution in [0.3, 0.4) is 0 Å². The maximum absolute atomic E-state index is 3.69. The molecule has 0 saturated carbocycles. The summed E-state index contributed by atoms with van der Waals surface area (Å²) in [6.07, 6.45) is 5.28. The standard InChI is InChI=1S/C18H30N2/c1-4-17-8-10-18(11-9-17)16(3)19-14-15(2)20-12-6-5-7-13-20/h8-11,15-16,19H,4-7,12-14H2,1-3H3. The monoisotopic (exact) mass is 274 g/mol. The van der Waals surface area contributed by atoms with Gasteiger partial charge in [0.25, 0.3) is 0 Å². The van der Waals surface area contributed by atoms with Crippen molar-refractivity contribution in [1.82, 2.24) is 10.2 Å². The van der Waals surface area contributed by atoms with E-state index in [-0.39, 0.29) is 0 Å². The Kier molecular flexibility index (Phi) is 6.06. The van der Waals surface area contributed by atoms with Crippen LogP contribution in [-0.4, -0.2) is 30.6 Å². The number of benzene rings is 1. The van der Waals surface area contributed by atoms with E-state index in [1.54, 1.807) is 0 Å². The quantitative estimate of drug-likeness (QED) is 0.849. The van der Waals surface area contributed by atoms with Crippen LogP contribution in [0.5, 0.6) is 0 Å². The molecule has 2 nitrogen and oxygen atoms in total. The molecule has 0 amide bonds. The van der Waals surface area contributed by atoms with Crippen LogP contribution in [-0.2, 0) is 6.42 Å². The number of aryl methyl sites for hydroxylation is 1. The molecule has 2 heteroatoms. The molecule has 1 aliphatic heterocycles. The van der Waals surface area contributed by atoms with Crippen molar-refractivity contribution in [3.63, 3.8) is 0 Å². The fourth-order valence-corrected chi connectivity index (χ4v) is 3.00. The van der Waals surface area contributed by atoms with Gasteiger partial charge in [-0.05, 0) is 57.3 Å². The van der Waals surface area contributed by atoms with Gasteiger partial charge >= 0.3 is 0 Å². The van der Waals surface area contributed by atoms with Crippen LogP contribution in [0.2, 0.25) is 0 Å². The van der Waals surface area contributed by atoms with E-state index in [9.17, 15) is 0 Å². The Hall–Kier alpha value is -0.860. The van der Waals surface area contributed by atoms with Gasteiger partial charge in [0.15, 0.2) is 0 Å². The topological polar surface area (TPSA) is 15.3 Å². The predicted molar refractivity (Wildman–Crippen MR) is 87.1 cm³/mol. The third-order valence-electron chi connectivity index (χ3n) is 4.62. The van der Waals surface area contributed by atoms with Crippen molar-refractivity contribution in [2.75, 3.05) is 19.6 Å². The van der Waals surface area contributed by atoms with Crippen LogP contribution >= 0.6 is 0 Å². The Labute approximate surface area is 124 Å². The molecule has 0 aromatic heterocycles. The first-order chi connectivity index (χ1) is 9.70. The molecule has 1 saturated heterocycles. The van der Waals surface area contributed by atoms with Gasteiger partial charge in [0.1, 0.15) is 0 Å². The third kappa shape index (κ3) is 4.32. The number of piperidine rings is 1. The van der Waals surface area contributed by atoms with Crippen LogP contribution in [0.4, 0.5) is 0 Å². The van der Waals surface area contributed by atoms with Crippen molar-refractivity contribution in [1.29, 1.82) is 0 Å². The summed E-state index contributed by atoms with van der Waals surface area (Å²) in [5.74, 6) is 0. The van der Waals surface area contributed by atoms with E-state index in [4.69, 9.17) is 0 Å². The molecule has 2 rings (SSSR count). The van der Waals surface area contributed by atoms with Crippen molar-refractivity contribution in [3.8, 4) is 0 Å². The zero-order chi connectivity index (χ0) is 14.4. The van der Waals surface area contributed by atoms with Crippen molar-refractivity contribution in [2.45, 2.75) is 58.5 Å². The highest BCUT2D eigenvalue weighted by Crippen LogP contribution is 2.15. The molecule has 0 bridgehead atoms. The normalized spacial score (nSPS) is 19.8. The lowest BCUT2D eigenvalue weighted by molar-refractivity contribution is 0.168. The Balaban J connectivity index is 1.79. The molecular formula is C18H30N2. The molecule has 2 unspecified atom stereocenters. The summed E-state index contributed by atoms with van der Waals surface area (Å²) in [5, 5.41) is 3.69. The number of hydrogen-bond donors (Lipinski definition) is 1. The summed E-state index contributed by atoms with van der Waals surface area (Å²) in [4.78, 5) is 2.63. The van der Waals surface area contributed by atoms with E-state index < -0.39 is 0 Å². The second-order valence-electron chi connectivity index (χ2n) is 6.17. The van der Waals surface area contributed by atoms with E-state index in [2.05, 4.69) is 55.3 Å². The highest BCUT2D eigenvalue weighted by Gasteiger charge is 2.17. The van der Waals surface area contributed by atoms with E-state index in [1.807, 2.05) is 0 Å². The molecule has 2 atom stereocenters. The van der Waals surface area contributed by atoms with Crippen LogP contribution in [0.1, 0.15) is 57.2 Å². The molecule has 1 N–H and O–H groups in total. The van der Waals surface area contributed by atoms with Crippen LogP contribution in [0.15, 0.2) is 24.3 Å². The van der Waals surface area contributed by atoms with Gasteiger partial charge in [0.05, 0.1) is 0 Å². The van der Waals surface area contributed by atoms with Gasteiger partial charge in [-0.2, -0.15) is 0 Å². The first-order valence-electron chi connectivity index (χ1n) is 8.27. The Bertz CT molecular complexity index is 379. The molecule has 1 aliphatic rings. The van der Waals surface area contributed by atoms with Crippen LogP contribution < -0.4 is 5.32 Å². The minimum atomic E-state index is 0.438. The lowest BCUT2D eigenvalue weighted by Gasteiger charge is -2.33. The van der Waals surface area contributed by atoms with E-state index in [0.717, 1.165) is 13.0 Å². The van der Waals surface area contributed by atoms with E-state index >= 15 is 0 Å². The third-order valence-corrected chi connectivity index (χ3v) is 4.62. The fraction of sp³-hybridized carbons (Fsp3) is 0.667. The zero-order valence-electron chi connectivity index (χ0n) is 13.4. The molecule has 1 fully saturated rings. The van der Waals surface area contributed by atoms with Crippen LogP contribution in [0.25, 0.3) is 0 Å². The molecule has 1 aromatic carbocycles. The Morgan fingerprint density at radius 3 is 2.30 bits per heavy atom.